The second-order valence-corrected chi connectivity index (χ2v) is 7.52. The third-order valence-corrected chi connectivity index (χ3v) is 4.84. The highest BCUT2D eigenvalue weighted by Crippen LogP contribution is 2.28. The molecule has 0 spiro atoms. The Hall–Kier alpha value is -3.41. The number of carbonyl (C=O) groups is 2. The molecule has 1 N–H and O–H groups in total. The van der Waals surface area contributed by atoms with Crippen molar-refractivity contribution in [2.75, 3.05) is 5.32 Å². The number of hydrogen-bond donors (Lipinski definition) is 1. The van der Waals surface area contributed by atoms with Crippen LogP contribution >= 0.6 is 0 Å². The van der Waals surface area contributed by atoms with E-state index in [1.54, 1.807) is 6.92 Å². The van der Waals surface area contributed by atoms with E-state index in [2.05, 4.69) is 24.1 Å². The molecule has 0 unspecified atom stereocenters. The number of hydrogen-bond acceptors (Lipinski definition) is 5. The number of aryl methyl sites for hydroxylation is 2. The van der Waals surface area contributed by atoms with Gasteiger partial charge >= 0.3 is 5.97 Å². The first-order valence-electron chi connectivity index (χ1n) is 9.92. The summed E-state index contributed by atoms with van der Waals surface area (Å²) in [6, 6.07) is 15.1. The van der Waals surface area contributed by atoms with Gasteiger partial charge in [0.25, 0.3) is 5.91 Å². The molecular formula is C24H26N2O4. The molecule has 0 saturated carbocycles. The number of rotatable bonds is 6. The number of amides is 1. The molecule has 3 aromatic rings. The van der Waals surface area contributed by atoms with Gasteiger partial charge in [-0.15, -0.1) is 0 Å². The average Bonchev–Trinajstić information content (AvgIpc) is 3.11. The summed E-state index contributed by atoms with van der Waals surface area (Å²) >= 11 is 0. The van der Waals surface area contributed by atoms with Crippen molar-refractivity contribution >= 4 is 17.6 Å². The number of para-hydroxylation sites is 1. The first kappa shape index (κ1) is 21.3. The Kier molecular flexibility index (Phi) is 6.35. The van der Waals surface area contributed by atoms with Gasteiger partial charge in [-0.25, -0.2) is 9.78 Å². The summed E-state index contributed by atoms with van der Waals surface area (Å²) < 4.78 is 11.0. The highest BCUT2D eigenvalue weighted by atomic mass is 16.5. The molecule has 0 saturated heterocycles. The van der Waals surface area contributed by atoms with Crippen molar-refractivity contribution in [1.29, 1.82) is 0 Å². The van der Waals surface area contributed by atoms with E-state index in [0.717, 1.165) is 22.4 Å². The Morgan fingerprint density at radius 2 is 1.70 bits per heavy atom. The molecule has 6 nitrogen and oxygen atoms in total. The fourth-order valence-corrected chi connectivity index (χ4v) is 3.13. The SMILES string of the molecule is Cc1cccc(C(C)C)c1NC(=O)[C@@H](C)OC(=O)c1nc(-c2ccccc2)oc1C. The summed E-state index contributed by atoms with van der Waals surface area (Å²) in [4.78, 5) is 29.5. The van der Waals surface area contributed by atoms with Gasteiger partial charge in [-0.3, -0.25) is 4.79 Å². The number of nitrogens with one attached hydrogen (secondary N) is 1. The molecule has 0 aliphatic heterocycles. The predicted molar refractivity (Wildman–Crippen MR) is 115 cm³/mol. The van der Waals surface area contributed by atoms with Crippen molar-refractivity contribution in [3.05, 3.63) is 71.1 Å². The zero-order chi connectivity index (χ0) is 21.8. The Balaban J connectivity index is 1.72. The first-order valence-corrected chi connectivity index (χ1v) is 9.92. The molecule has 1 aromatic heterocycles. The Morgan fingerprint density at radius 3 is 2.37 bits per heavy atom. The molecule has 0 radical (unpaired) electrons. The molecule has 0 bridgehead atoms. The van der Waals surface area contributed by atoms with E-state index in [-0.39, 0.29) is 11.6 Å². The minimum atomic E-state index is -0.992. The molecule has 0 aliphatic rings. The molecule has 6 heteroatoms. The quantitative estimate of drug-likeness (QED) is 0.564. The summed E-state index contributed by atoms with van der Waals surface area (Å²) in [6.45, 7) is 9.23. The fourth-order valence-electron chi connectivity index (χ4n) is 3.13. The van der Waals surface area contributed by atoms with Gasteiger partial charge in [0.2, 0.25) is 5.89 Å². The maximum atomic E-state index is 12.7. The number of aromatic nitrogens is 1. The number of oxazole rings is 1. The molecule has 1 heterocycles. The van der Waals surface area contributed by atoms with E-state index in [1.165, 1.54) is 6.92 Å². The lowest BCUT2D eigenvalue weighted by molar-refractivity contribution is -0.123. The Labute approximate surface area is 176 Å². The van der Waals surface area contributed by atoms with E-state index in [0.29, 0.717) is 11.7 Å². The molecule has 30 heavy (non-hydrogen) atoms. The normalized spacial score (nSPS) is 11.9. The lowest BCUT2D eigenvalue weighted by Crippen LogP contribution is -2.31. The smallest absolute Gasteiger partial charge is 0.361 e. The van der Waals surface area contributed by atoms with Gasteiger partial charge in [-0.05, 0) is 49.9 Å². The van der Waals surface area contributed by atoms with Crippen LogP contribution in [0.4, 0.5) is 5.69 Å². The topological polar surface area (TPSA) is 81.4 Å². The molecule has 3 rings (SSSR count). The summed E-state index contributed by atoms with van der Waals surface area (Å²) in [5.41, 5.74) is 3.55. The lowest BCUT2D eigenvalue weighted by Gasteiger charge is -2.18. The van der Waals surface area contributed by atoms with Crippen molar-refractivity contribution in [1.82, 2.24) is 4.98 Å². The van der Waals surface area contributed by atoms with Gasteiger partial charge in [0.05, 0.1) is 0 Å². The van der Waals surface area contributed by atoms with Crippen LogP contribution in [0.3, 0.4) is 0 Å². The molecule has 1 atom stereocenters. The van der Waals surface area contributed by atoms with Crippen LogP contribution in [0.25, 0.3) is 11.5 Å². The van der Waals surface area contributed by atoms with Crippen molar-refractivity contribution in [2.24, 2.45) is 0 Å². The van der Waals surface area contributed by atoms with Gasteiger partial charge < -0.3 is 14.5 Å². The van der Waals surface area contributed by atoms with E-state index in [9.17, 15) is 9.59 Å². The van der Waals surface area contributed by atoms with Crippen LogP contribution in [-0.4, -0.2) is 23.0 Å². The minimum absolute atomic E-state index is 0.0623. The van der Waals surface area contributed by atoms with Crippen molar-refractivity contribution in [3.8, 4) is 11.5 Å². The minimum Gasteiger partial charge on any atom is -0.448 e. The standard InChI is InChI=1S/C24H26N2O4/c1-14(2)19-13-9-10-15(3)20(19)25-22(27)17(5)30-24(28)21-16(4)29-23(26-21)18-11-7-6-8-12-18/h6-14,17H,1-5H3,(H,25,27)/t17-/m1/s1. The van der Waals surface area contributed by atoms with E-state index < -0.39 is 18.0 Å². The van der Waals surface area contributed by atoms with Gasteiger partial charge in [0.1, 0.15) is 5.76 Å². The maximum Gasteiger partial charge on any atom is 0.361 e. The molecule has 0 fully saturated rings. The van der Waals surface area contributed by atoms with Crippen molar-refractivity contribution in [3.63, 3.8) is 0 Å². The third kappa shape index (κ3) is 4.59. The summed E-state index contributed by atoms with van der Waals surface area (Å²) in [5, 5.41) is 2.90. The lowest BCUT2D eigenvalue weighted by atomic mass is 9.98. The van der Waals surface area contributed by atoms with Crippen LogP contribution in [0.1, 0.15) is 54.1 Å². The highest BCUT2D eigenvalue weighted by Gasteiger charge is 2.25. The zero-order valence-electron chi connectivity index (χ0n) is 17.9. The molecule has 1 amide bonds. The van der Waals surface area contributed by atoms with Gasteiger partial charge in [0, 0.05) is 11.3 Å². The van der Waals surface area contributed by atoms with Crippen LogP contribution in [0, 0.1) is 13.8 Å². The Bertz CT molecular complexity index is 1050. The maximum absolute atomic E-state index is 12.7. The fraction of sp³-hybridized carbons (Fsp3) is 0.292. The average molecular weight is 406 g/mol. The van der Waals surface area contributed by atoms with Gasteiger partial charge in [-0.1, -0.05) is 50.2 Å². The van der Waals surface area contributed by atoms with Crippen LogP contribution in [0.15, 0.2) is 52.9 Å². The van der Waals surface area contributed by atoms with Crippen molar-refractivity contribution in [2.45, 2.75) is 46.6 Å². The monoisotopic (exact) mass is 406 g/mol. The van der Waals surface area contributed by atoms with Crippen LogP contribution in [0.5, 0.6) is 0 Å². The molecular weight excluding hydrogens is 380 g/mol. The van der Waals surface area contributed by atoms with E-state index in [4.69, 9.17) is 9.15 Å². The number of ether oxygens (including phenoxy) is 1. The zero-order valence-corrected chi connectivity index (χ0v) is 17.9. The van der Waals surface area contributed by atoms with Crippen LogP contribution in [-0.2, 0) is 9.53 Å². The summed E-state index contributed by atoms with van der Waals surface area (Å²) in [5.74, 6) is -0.183. The Morgan fingerprint density at radius 1 is 1.00 bits per heavy atom. The summed E-state index contributed by atoms with van der Waals surface area (Å²) in [6.07, 6.45) is -0.992. The molecule has 0 aliphatic carbocycles. The number of esters is 1. The number of anilines is 1. The number of carbonyl (C=O) groups excluding carboxylic acids is 2. The number of nitrogens with zero attached hydrogens (tertiary/aromatic N) is 1. The molecule has 2 aromatic carbocycles. The molecule has 156 valence electrons. The van der Waals surface area contributed by atoms with Crippen molar-refractivity contribution < 1.29 is 18.7 Å². The van der Waals surface area contributed by atoms with Gasteiger partial charge in [-0.2, -0.15) is 0 Å². The summed E-state index contributed by atoms with van der Waals surface area (Å²) in [7, 11) is 0. The first-order chi connectivity index (χ1) is 14.3. The predicted octanol–water partition coefficient (Wildman–Crippen LogP) is 5.27. The van der Waals surface area contributed by atoms with E-state index >= 15 is 0 Å². The second-order valence-electron chi connectivity index (χ2n) is 7.52. The van der Waals surface area contributed by atoms with Crippen LogP contribution in [0.2, 0.25) is 0 Å². The second kappa shape index (κ2) is 8.95. The largest absolute Gasteiger partial charge is 0.448 e. The number of benzene rings is 2. The highest BCUT2D eigenvalue weighted by molar-refractivity contribution is 5.98. The van der Waals surface area contributed by atoms with E-state index in [1.807, 2.05) is 55.5 Å². The third-order valence-electron chi connectivity index (χ3n) is 4.84. The van der Waals surface area contributed by atoms with Gasteiger partial charge in [0.15, 0.2) is 11.8 Å². The van der Waals surface area contributed by atoms with Crippen LogP contribution < -0.4 is 5.32 Å².